The molecule has 1 heterocycles. The number of hydrogen-bond donors (Lipinski definition) is 0. The van der Waals surface area contributed by atoms with Crippen LogP contribution in [0.4, 0.5) is 0 Å². The molecule has 0 bridgehead atoms. The Labute approximate surface area is 103 Å². The molecule has 1 aliphatic heterocycles. The summed E-state index contributed by atoms with van der Waals surface area (Å²) in [7, 11) is 0. The summed E-state index contributed by atoms with van der Waals surface area (Å²) < 4.78 is 5.34. The maximum absolute atomic E-state index is 5.34. The van der Waals surface area contributed by atoms with Crippen molar-refractivity contribution in [3.05, 3.63) is 48.0 Å². The minimum Gasteiger partial charge on any atom is -0.379 e. The highest BCUT2D eigenvalue weighted by Gasteiger charge is 2.10. The van der Waals surface area contributed by atoms with Crippen molar-refractivity contribution in [2.24, 2.45) is 0 Å². The molecule has 0 aliphatic carbocycles. The van der Waals surface area contributed by atoms with E-state index in [1.807, 2.05) is 6.07 Å². The lowest BCUT2D eigenvalue weighted by Crippen LogP contribution is -2.35. The number of morpholine rings is 1. The van der Waals surface area contributed by atoms with Gasteiger partial charge in [0.25, 0.3) is 0 Å². The third-order valence-electron chi connectivity index (χ3n) is 2.76. The number of benzene rings is 1. The monoisotopic (exact) mass is 227 g/mol. The normalized spacial score (nSPS) is 16.0. The Balaban J connectivity index is 2.02. The van der Waals surface area contributed by atoms with Gasteiger partial charge in [-0.3, -0.25) is 4.90 Å². The molecule has 2 rings (SSSR count). The zero-order valence-corrected chi connectivity index (χ0v) is 9.98. The highest BCUT2D eigenvalue weighted by atomic mass is 16.5. The van der Waals surface area contributed by atoms with E-state index in [0.29, 0.717) is 0 Å². The van der Waals surface area contributed by atoms with Gasteiger partial charge in [0, 0.05) is 25.2 Å². The van der Waals surface area contributed by atoms with Crippen molar-refractivity contribution in [2.45, 2.75) is 6.54 Å². The van der Waals surface area contributed by atoms with E-state index < -0.39 is 0 Å². The summed E-state index contributed by atoms with van der Waals surface area (Å²) in [5.41, 5.74) is 2.36. The standard InChI is InChI=1S/C15H17NO/c1-2-3-5-14-6-4-7-15(12-14)13-16-8-10-17-11-9-16/h2,4,6-7,12H,1,8-11,13H2. The molecular weight excluding hydrogens is 210 g/mol. The number of allylic oxidation sites excluding steroid dienone is 1. The van der Waals surface area contributed by atoms with E-state index >= 15 is 0 Å². The molecule has 0 saturated carbocycles. The first kappa shape index (κ1) is 11.9. The van der Waals surface area contributed by atoms with Crippen molar-refractivity contribution in [3.63, 3.8) is 0 Å². The summed E-state index contributed by atoms with van der Waals surface area (Å²) in [6, 6.07) is 8.38. The van der Waals surface area contributed by atoms with Crippen LogP contribution in [-0.2, 0) is 11.3 Å². The molecule has 0 radical (unpaired) electrons. The Kier molecular flexibility index (Phi) is 4.37. The van der Waals surface area contributed by atoms with Gasteiger partial charge in [-0.05, 0) is 23.8 Å². The van der Waals surface area contributed by atoms with Crippen molar-refractivity contribution in [3.8, 4) is 11.8 Å². The van der Waals surface area contributed by atoms with Gasteiger partial charge in [0.15, 0.2) is 0 Å². The maximum atomic E-state index is 5.34. The van der Waals surface area contributed by atoms with Crippen LogP contribution >= 0.6 is 0 Å². The molecular formula is C15H17NO. The third-order valence-corrected chi connectivity index (χ3v) is 2.76. The molecule has 0 unspecified atom stereocenters. The Morgan fingerprint density at radius 1 is 1.35 bits per heavy atom. The first-order valence-corrected chi connectivity index (χ1v) is 5.90. The summed E-state index contributed by atoms with van der Waals surface area (Å²) in [5.74, 6) is 5.94. The molecule has 1 aromatic rings. The molecule has 17 heavy (non-hydrogen) atoms. The van der Waals surface area contributed by atoms with E-state index in [9.17, 15) is 0 Å². The SMILES string of the molecule is C=CC#Cc1cccc(CN2CCOCC2)c1. The average molecular weight is 227 g/mol. The lowest BCUT2D eigenvalue weighted by Gasteiger charge is -2.26. The summed E-state index contributed by atoms with van der Waals surface area (Å²) in [5, 5.41) is 0. The summed E-state index contributed by atoms with van der Waals surface area (Å²) in [4.78, 5) is 2.41. The number of nitrogens with zero attached hydrogens (tertiary/aromatic N) is 1. The van der Waals surface area contributed by atoms with Crippen LogP contribution < -0.4 is 0 Å². The van der Waals surface area contributed by atoms with E-state index in [1.54, 1.807) is 6.08 Å². The molecule has 2 nitrogen and oxygen atoms in total. The van der Waals surface area contributed by atoms with Gasteiger partial charge in [-0.2, -0.15) is 0 Å². The van der Waals surface area contributed by atoms with Crippen LogP contribution in [0.2, 0.25) is 0 Å². The van der Waals surface area contributed by atoms with Crippen LogP contribution in [0.25, 0.3) is 0 Å². The highest BCUT2D eigenvalue weighted by Crippen LogP contribution is 2.09. The Morgan fingerprint density at radius 3 is 2.94 bits per heavy atom. The molecule has 2 heteroatoms. The van der Waals surface area contributed by atoms with Gasteiger partial charge in [0.1, 0.15) is 0 Å². The van der Waals surface area contributed by atoms with Crippen LogP contribution in [0.3, 0.4) is 0 Å². The quantitative estimate of drug-likeness (QED) is 0.717. The van der Waals surface area contributed by atoms with Crippen molar-refractivity contribution < 1.29 is 4.74 Å². The maximum Gasteiger partial charge on any atom is 0.0594 e. The van der Waals surface area contributed by atoms with Gasteiger partial charge in [-0.25, -0.2) is 0 Å². The lowest BCUT2D eigenvalue weighted by molar-refractivity contribution is 0.0342. The molecule has 1 aromatic carbocycles. The largest absolute Gasteiger partial charge is 0.379 e. The predicted molar refractivity (Wildman–Crippen MR) is 69.6 cm³/mol. The fourth-order valence-electron chi connectivity index (χ4n) is 1.90. The molecule has 0 N–H and O–H groups in total. The number of hydrogen-bond acceptors (Lipinski definition) is 2. The topological polar surface area (TPSA) is 12.5 Å². The fourth-order valence-corrected chi connectivity index (χ4v) is 1.90. The highest BCUT2D eigenvalue weighted by molar-refractivity contribution is 5.38. The van der Waals surface area contributed by atoms with Crippen LogP contribution in [0.5, 0.6) is 0 Å². The molecule has 1 saturated heterocycles. The van der Waals surface area contributed by atoms with E-state index in [0.717, 1.165) is 38.4 Å². The molecule has 0 spiro atoms. The van der Waals surface area contributed by atoms with Crippen LogP contribution in [-0.4, -0.2) is 31.2 Å². The first-order chi connectivity index (χ1) is 8.38. The minimum absolute atomic E-state index is 0.843. The molecule has 88 valence electrons. The first-order valence-electron chi connectivity index (χ1n) is 5.90. The second-order valence-corrected chi connectivity index (χ2v) is 4.06. The second-order valence-electron chi connectivity index (χ2n) is 4.06. The Bertz CT molecular complexity index is 436. The van der Waals surface area contributed by atoms with E-state index in [2.05, 4.69) is 41.5 Å². The van der Waals surface area contributed by atoms with Crippen LogP contribution in [0.1, 0.15) is 11.1 Å². The van der Waals surface area contributed by atoms with Crippen molar-refractivity contribution in [1.29, 1.82) is 0 Å². The smallest absolute Gasteiger partial charge is 0.0594 e. The Hall–Kier alpha value is -1.56. The lowest BCUT2D eigenvalue weighted by atomic mass is 10.1. The minimum atomic E-state index is 0.843. The van der Waals surface area contributed by atoms with Gasteiger partial charge in [-0.1, -0.05) is 30.6 Å². The molecule has 1 aliphatic rings. The summed E-state index contributed by atoms with van der Waals surface area (Å²) in [6.45, 7) is 8.29. The van der Waals surface area contributed by atoms with Gasteiger partial charge in [0.2, 0.25) is 0 Å². The van der Waals surface area contributed by atoms with Gasteiger partial charge < -0.3 is 4.74 Å². The molecule has 0 amide bonds. The summed E-state index contributed by atoms with van der Waals surface area (Å²) >= 11 is 0. The zero-order chi connectivity index (χ0) is 11.9. The number of rotatable bonds is 2. The van der Waals surface area contributed by atoms with Crippen molar-refractivity contribution in [2.75, 3.05) is 26.3 Å². The van der Waals surface area contributed by atoms with Gasteiger partial charge in [-0.15, -0.1) is 0 Å². The van der Waals surface area contributed by atoms with Crippen molar-refractivity contribution in [1.82, 2.24) is 4.90 Å². The molecule has 0 atom stereocenters. The Morgan fingerprint density at radius 2 is 2.18 bits per heavy atom. The van der Waals surface area contributed by atoms with E-state index in [-0.39, 0.29) is 0 Å². The van der Waals surface area contributed by atoms with E-state index in [4.69, 9.17) is 4.74 Å². The number of ether oxygens (including phenoxy) is 1. The predicted octanol–water partition coefficient (Wildman–Crippen LogP) is 2.06. The fraction of sp³-hybridized carbons (Fsp3) is 0.333. The van der Waals surface area contributed by atoms with Crippen molar-refractivity contribution >= 4 is 0 Å². The van der Waals surface area contributed by atoms with Crippen LogP contribution in [0.15, 0.2) is 36.9 Å². The van der Waals surface area contributed by atoms with Gasteiger partial charge >= 0.3 is 0 Å². The molecule has 0 aromatic heterocycles. The van der Waals surface area contributed by atoms with E-state index in [1.165, 1.54) is 5.56 Å². The average Bonchev–Trinajstić information content (AvgIpc) is 2.38. The molecule has 1 fully saturated rings. The second kappa shape index (κ2) is 6.24. The third kappa shape index (κ3) is 3.74. The zero-order valence-electron chi connectivity index (χ0n) is 9.98. The van der Waals surface area contributed by atoms with Gasteiger partial charge in [0.05, 0.1) is 13.2 Å². The van der Waals surface area contributed by atoms with Crippen LogP contribution in [0, 0.1) is 11.8 Å². The summed E-state index contributed by atoms with van der Waals surface area (Å²) in [6.07, 6.45) is 1.62.